The second-order valence-corrected chi connectivity index (χ2v) is 15.6. The monoisotopic (exact) mass is 750 g/mol. The van der Waals surface area contributed by atoms with Crippen LogP contribution in [0.2, 0.25) is 0 Å². The van der Waals surface area contributed by atoms with Crippen molar-refractivity contribution in [2.75, 3.05) is 19.8 Å². The molecule has 304 valence electrons. The number of esters is 2. The summed E-state index contributed by atoms with van der Waals surface area (Å²) >= 11 is 0. The van der Waals surface area contributed by atoms with Crippen molar-refractivity contribution in [1.82, 2.24) is 6.15 Å². The summed E-state index contributed by atoms with van der Waals surface area (Å²) in [7, 11) is -4.69. The number of unbranched alkanes of at least 4 members (excludes halogenated alkanes) is 24. The summed E-state index contributed by atoms with van der Waals surface area (Å²) in [6.07, 6.45) is 31.2. The molecule has 0 aliphatic rings. The lowest BCUT2D eigenvalue weighted by atomic mass is 10.0. The molecule has 51 heavy (non-hydrogen) atoms. The van der Waals surface area contributed by atoms with Crippen LogP contribution < -0.4 is 11.0 Å². The number of carbonyl (C=O) groups excluding carboxylic acids is 3. The highest BCUT2D eigenvalue weighted by Gasteiger charge is 2.21. The Hall–Kier alpha value is -1.32. The molecule has 0 aromatic rings. The van der Waals surface area contributed by atoms with Crippen molar-refractivity contribution in [3.05, 3.63) is 0 Å². The molecule has 0 saturated carbocycles. The number of phosphoric ester groups is 1. The maximum absolute atomic E-state index is 12.6. The van der Waals surface area contributed by atoms with E-state index >= 15 is 0 Å². The predicted octanol–water partition coefficient (Wildman–Crippen LogP) is 11.7. The van der Waals surface area contributed by atoms with E-state index in [1.807, 2.05) is 0 Å². The largest absolute Gasteiger partial charge is 0.756 e. The topological polar surface area (TPSA) is 165 Å². The predicted molar refractivity (Wildman–Crippen MR) is 207 cm³/mol. The Kier molecular flexibility index (Phi) is 39.0. The van der Waals surface area contributed by atoms with Gasteiger partial charge in [-0.05, 0) is 26.2 Å². The molecule has 0 fully saturated rings. The number of ketones is 1. The third-order valence-electron chi connectivity index (χ3n) is 9.04. The third-order valence-corrected chi connectivity index (χ3v) is 10.0. The molecule has 4 N–H and O–H groups in total. The first-order valence-corrected chi connectivity index (χ1v) is 22.1. The number of carbonyl (C=O) groups is 3. The first-order valence-electron chi connectivity index (χ1n) is 20.6. The van der Waals surface area contributed by atoms with Crippen LogP contribution in [0.15, 0.2) is 0 Å². The summed E-state index contributed by atoms with van der Waals surface area (Å²) in [6.45, 7) is 4.93. The Bertz CT molecular complexity index is 858. The van der Waals surface area contributed by atoms with E-state index in [9.17, 15) is 23.8 Å². The molecule has 0 spiro atoms. The van der Waals surface area contributed by atoms with E-state index in [0.717, 1.165) is 38.5 Å². The normalized spacial score (nSPS) is 12.9. The molecule has 0 aromatic carbocycles. The van der Waals surface area contributed by atoms with Gasteiger partial charge in [0.1, 0.15) is 12.4 Å². The molecule has 0 heterocycles. The first-order chi connectivity index (χ1) is 24.2. The molecule has 0 aliphatic heterocycles. The summed E-state index contributed by atoms with van der Waals surface area (Å²) in [5.74, 6) is -0.944. The van der Waals surface area contributed by atoms with Gasteiger partial charge in [-0.1, -0.05) is 168 Å². The second kappa shape index (κ2) is 38.4. The Morgan fingerprint density at radius 1 is 0.510 bits per heavy atom. The van der Waals surface area contributed by atoms with Gasteiger partial charge in [-0.3, -0.25) is 14.2 Å². The van der Waals surface area contributed by atoms with E-state index in [4.69, 9.17) is 18.5 Å². The zero-order chi connectivity index (χ0) is 37.0. The van der Waals surface area contributed by atoms with Crippen LogP contribution in [-0.4, -0.2) is 43.6 Å². The molecule has 0 aliphatic carbocycles. The second-order valence-electron chi connectivity index (χ2n) is 14.2. The smallest absolute Gasteiger partial charge is 0.306 e. The van der Waals surface area contributed by atoms with Crippen LogP contribution in [0.4, 0.5) is 0 Å². The maximum atomic E-state index is 12.6. The van der Waals surface area contributed by atoms with Gasteiger partial charge in [-0.25, -0.2) is 0 Å². The maximum Gasteiger partial charge on any atom is 0.306 e. The average Bonchev–Trinajstić information content (AvgIpc) is 3.08. The molecular formula is C40H80NO9P. The SMILES string of the molecule is CCCCCCCCCCCCCCCC(=O)OC[C@H](COP(=O)([O-])OCCCC(C)=O)OC(=O)CCCCCCCCCCCCCCC.[NH4+]. The minimum Gasteiger partial charge on any atom is -0.756 e. The van der Waals surface area contributed by atoms with E-state index in [2.05, 4.69) is 13.8 Å². The molecule has 1 unspecified atom stereocenters. The van der Waals surface area contributed by atoms with Gasteiger partial charge in [-0.15, -0.1) is 0 Å². The Balaban J connectivity index is 0. The van der Waals surface area contributed by atoms with Crippen molar-refractivity contribution in [2.24, 2.45) is 0 Å². The lowest BCUT2D eigenvalue weighted by molar-refractivity contribution is -0.228. The highest BCUT2D eigenvalue weighted by atomic mass is 31.2. The molecule has 10 nitrogen and oxygen atoms in total. The summed E-state index contributed by atoms with van der Waals surface area (Å²) in [6, 6.07) is 0. The van der Waals surface area contributed by atoms with E-state index in [1.54, 1.807) is 0 Å². The number of rotatable bonds is 39. The number of hydrogen-bond acceptors (Lipinski definition) is 9. The van der Waals surface area contributed by atoms with Crippen LogP contribution in [0.1, 0.15) is 213 Å². The van der Waals surface area contributed by atoms with E-state index < -0.39 is 32.5 Å². The van der Waals surface area contributed by atoms with E-state index in [1.165, 1.54) is 129 Å². The van der Waals surface area contributed by atoms with E-state index in [-0.39, 0.29) is 50.8 Å². The molecule has 0 amide bonds. The molecule has 0 saturated heterocycles. The van der Waals surface area contributed by atoms with Crippen molar-refractivity contribution >= 4 is 25.5 Å². The zero-order valence-electron chi connectivity index (χ0n) is 33.5. The standard InChI is InChI=1S/C40H77O9P.H3N/c1-4-6-8-10-12-14-16-18-20-22-24-26-28-32-39(42)46-35-38(36-48-50(44,45)47-34-30-31-37(3)41)49-40(43)33-29-27-25-23-21-19-17-15-13-11-9-7-5-2;/h38H,4-36H2,1-3H3,(H,44,45);1H3/t38-;/m1./s1. The van der Waals surface area contributed by atoms with Crippen LogP contribution in [0.5, 0.6) is 0 Å². The highest BCUT2D eigenvalue weighted by Crippen LogP contribution is 2.38. The van der Waals surface area contributed by atoms with Crippen LogP contribution in [0.25, 0.3) is 0 Å². The van der Waals surface area contributed by atoms with Gasteiger partial charge in [0.2, 0.25) is 0 Å². The summed E-state index contributed by atoms with van der Waals surface area (Å²) in [5, 5.41) is 0. The number of quaternary nitrogens is 1. The van der Waals surface area contributed by atoms with Crippen LogP contribution in [0.3, 0.4) is 0 Å². The quantitative estimate of drug-likeness (QED) is 0.0365. The molecule has 0 radical (unpaired) electrons. The minimum atomic E-state index is -4.69. The van der Waals surface area contributed by atoms with Crippen LogP contribution >= 0.6 is 7.82 Å². The summed E-state index contributed by atoms with van der Waals surface area (Å²) < 4.78 is 32.8. The van der Waals surface area contributed by atoms with Crippen molar-refractivity contribution in [3.63, 3.8) is 0 Å². The minimum absolute atomic E-state index is 0. The molecule has 2 atom stereocenters. The summed E-state index contributed by atoms with van der Waals surface area (Å²) in [4.78, 5) is 48.3. The fourth-order valence-electron chi connectivity index (χ4n) is 5.90. The molecular weight excluding hydrogens is 669 g/mol. The van der Waals surface area contributed by atoms with Crippen molar-refractivity contribution in [2.45, 2.75) is 219 Å². The average molecular weight is 750 g/mol. The molecule has 11 heteroatoms. The van der Waals surface area contributed by atoms with Gasteiger partial charge in [0.05, 0.1) is 13.2 Å². The Labute approximate surface area is 312 Å². The first kappa shape index (κ1) is 51.8. The number of hydrogen-bond donors (Lipinski definition) is 1. The number of Topliss-reactive ketones (excluding diaryl/α,β-unsaturated/α-hetero) is 1. The van der Waals surface area contributed by atoms with Gasteiger partial charge in [0, 0.05) is 19.3 Å². The van der Waals surface area contributed by atoms with Gasteiger partial charge in [0.25, 0.3) is 7.82 Å². The Morgan fingerprint density at radius 2 is 0.882 bits per heavy atom. The molecule has 0 bridgehead atoms. The summed E-state index contributed by atoms with van der Waals surface area (Å²) in [5.41, 5.74) is 0. The van der Waals surface area contributed by atoms with Crippen molar-refractivity contribution in [3.8, 4) is 0 Å². The van der Waals surface area contributed by atoms with Gasteiger partial charge < -0.3 is 34.4 Å². The van der Waals surface area contributed by atoms with Crippen LogP contribution in [0, 0.1) is 0 Å². The van der Waals surface area contributed by atoms with E-state index in [0.29, 0.717) is 6.42 Å². The van der Waals surface area contributed by atoms with Gasteiger partial charge in [0.15, 0.2) is 6.10 Å². The number of phosphoric acid groups is 1. The number of ether oxygens (including phenoxy) is 2. The van der Waals surface area contributed by atoms with Crippen molar-refractivity contribution < 1.29 is 42.4 Å². The lowest BCUT2D eigenvalue weighted by Gasteiger charge is -2.25. The third kappa shape index (κ3) is 39.7. The highest BCUT2D eigenvalue weighted by molar-refractivity contribution is 7.45. The molecule has 0 rings (SSSR count). The Morgan fingerprint density at radius 3 is 1.27 bits per heavy atom. The van der Waals surface area contributed by atoms with Gasteiger partial charge in [-0.2, -0.15) is 0 Å². The fraction of sp³-hybridized carbons (Fsp3) is 0.925. The lowest BCUT2D eigenvalue weighted by Crippen LogP contribution is -2.30. The van der Waals surface area contributed by atoms with Crippen LogP contribution in [-0.2, 0) is 37.5 Å². The molecule has 0 aromatic heterocycles. The fourth-order valence-corrected chi connectivity index (χ4v) is 6.68. The zero-order valence-corrected chi connectivity index (χ0v) is 34.4. The van der Waals surface area contributed by atoms with Crippen molar-refractivity contribution in [1.29, 1.82) is 0 Å². The van der Waals surface area contributed by atoms with Gasteiger partial charge >= 0.3 is 11.9 Å².